The zero-order valence-electron chi connectivity index (χ0n) is 14.5. The summed E-state index contributed by atoms with van der Waals surface area (Å²) in [7, 11) is 4.67. The van der Waals surface area contributed by atoms with Crippen LogP contribution in [0.3, 0.4) is 0 Å². The highest BCUT2D eigenvalue weighted by atomic mass is 16.7. The number of ether oxygens (including phenoxy) is 5. The highest BCUT2D eigenvalue weighted by Gasteiger charge is 2.27. The number of hydrogen-bond acceptors (Lipinski definition) is 6. The second-order valence-corrected chi connectivity index (χ2v) is 5.71. The van der Waals surface area contributed by atoms with E-state index in [0.717, 1.165) is 5.56 Å². The van der Waals surface area contributed by atoms with Gasteiger partial charge in [0.15, 0.2) is 23.0 Å². The maximum atomic E-state index is 12.5. The van der Waals surface area contributed by atoms with Crippen molar-refractivity contribution in [1.29, 1.82) is 0 Å². The molecule has 0 unspecified atom stereocenters. The number of methoxy groups -OCH3 is 3. The molecule has 0 bridgehead atoms. The minimum Gasteiger partial charge on any atom is -0.496 e. The van der Waals surface area contributed by atoms with Crippen LogP contribution in [0.15, 0.2) is 24.3 Å². The van der Waals surface area contributed by atoms with E-state index in [9.17, 15) is 4.79 Å². The second kappa shape index (κ2) is 6.18. The van der Waals surface area contributed by atoms with Crippen molar-refractivity contribution >= 4 is 23.2 Å². The van der Waals surface area contributed by atoms with Crippen molar-refractivity contribution in [3.63, 3.8) is 0 Å². The molecule has 2 aromatic rings. The molecular weight excluding hydrogens is 338 g/mol. The summed E-state index contributed by atoms with van der Waals surface area (Å²) in [5, 5.41) is 2.84. The van der Waals surface area contributed by atoms with Crippen molar-refractivity contribution in [1.82, 2.24) is 0 Å². The maximum Gasteiger partial charge on any atom is 0.256 e. The van der Waals surface area contributed by atoms with Crippen LogP contribution in [0.2, 0.25) is 0 Å². The van der Waals surface area contributed by atoms with Crippen molar-refractivity contribution in [2.75, 3.05) is 33.4 Å². The summed E-state index contributed by atoms with van der Waals surface area (Å²) in [6.07, 6.45) is 1.76. The van der Waals surface area contributed by atoms with Crippen LogP contribution in [0.4, 0.5) is 5.69 Å². The Balaban J connectivity index is 1.84. The first-order valence-corrected chi connectivity index (χ1v) is 7.91. The number of fused-ring (bicyclic) bond motifs is 2. The summed E-state index contributed by atoms with van der Waals surface area (Å²) in [6.45, 7) is 0.166. The molecule has 2 aliphatic heterocycles. The summed E-state index contributed by atoms with van der Waals surface area (Å²) in [6, 6.07) is 7.05. The van der Waals surface area contributed by atoms with E-state index in [1.165, 1.54) is 0 Å². The van der Waals surface area contributed by atoms with Gasteiger partial charge in [0.2, 0.25) is 6.79 Å². The van der Waals surface area contributed by atoms with Crippen molar-refractivity contribution in [3.8, 4) is 28.7 Å². The Morgan fingerprint density at radius 3 is 2.27 bits per heavy atom. The van der Waals surface area contributed by atoms with Crippen molar-refractivity contribution in [3.05, 3.63) is 35.4 Å². The van der Waals surface area contributed by atoms with Gasteiger partial charge in [0.05, 0.1) is 27.0 Å². The molecule has 4 rings (SSSR count). The fourth-order valence-corrected chi connectivity index (χ4v) is 3.04. The molecule has 2 heterocycles. The van der Waals surface area contributed by atoms with Gasteiger partial charge in [-0.1, -0.05) is 0 Å². The summed E-state index contributed by atoms with van der Waals surface area (Å²) in [5.74, 6) is 2.70. The first-order chi connectivity index (χ1) is 12.6. The molecule has 0 aromatic heterocycles. The molecule has 0 radical (unpaired) electrons. The standard InChI is InChI=1S/C19H17NO6/c1-22-14-8-18-17(25-9-26-18)5-10(14)4-12-11-6-15(23-2)16(24-3)7-13(11)20-19(12)21/h4-8H,9H2,1-3H3,(H,20,21). The van der Waals surface area contributed by atoms with E-state index in [-0.39, 0.29) is 12.7 Å². The first kappa shape index (κ1) is 16.1. The number of benzene rings is 2. The van der Waals surface area contributed by atoms with Crippen molar-refractivity contribution in [2.24, 2.45) is 0 Å². The van der Waals surface area contributed by atoms with Crippen LogP contribution in [-0.2, 0) is 4.79 Å². The Morgan fingerprint density at radius 2 is 1.58 bits per heavy atom. The summed E-state index contributed by atoms with van der Waals surface area (Å²) in [4.78, 5) is 12.5. The number of rotatable bonds is 4. The number of nitrogens with one attached hydrogen (secondary N) is 1. The lowest BCUT2D eigenvalue weighted by Gasteiger charge is -2.10. The molecule has 134 valence electrons. The van der Waals surface area contributed by atoms with E-state index in [4.69, 9.17) is 23.7 Å². The van der Waals surface area contributed by atoms with Crippen LogP contribution in [0.1, 0.15) is 11.1 Å². The molecule has 0 fully saturated rings. The molecule has 0 aliphatic carbocycles. The van der Waals surface area contributed by atoms with Gasteiger partial charge in [-0.25, -0.2) is 0 Å². The van der Waals surface area contributed by atoms with Crippen molar-refractivity contribution in [2.45, 2.75) is 0 Å². The fourth-order valence-electron chi connectivity index (χ4n) is 3.04. The van der Waals surface area contributed by atoms with Gasteiger partial charge in [-0.15, -0.1) is 0 Å². The third-order valence-corrected chi connectivity index (χ3v) is 4.33. The molecule has 0 saturated heterocycles. The quantitative estimate of drug-likeness (QED) is 0.850. The Bertz CT molecular complexity index is 934. The van der Waals surface area contributed by atoms with Gasteiger partial charge >= 0.3 is 0 Å². The smallest absolute Gasteiger partial charge is 0.256 e. The SMILES string of the molecule is COc1cc2c(cc1C=C1C(=O)Nc3cc(OC)c(OC)cc31)OCO2. The minimum atomic E-state index is -0.213. The molecule has 1 N–H and O–H groups in total. The van der Waals surface area contributed by atoms with Gasteiger partial charge < -0.3 is 29.0 Å². The monoisotopic (exact) mass is 355 g/mol. The van der Waals surface area contributed by atoms with E-state index in [1.807, 2.05) is 0 Å². The minimum absolute atomic E-state index is 0.166. The molecule has 1 amide bonds. The topological polar surface area (TPSA) is 75.3 Å². The van der Waals surface area contributed by atoms with E-state index in [2.05, 4.69) is 5.32 Å². The van der Waals surface area contributed by atoms with E-state index in [0.29, 0.717) is 45.6 Å². The lowest BCUT2D eigenvalue weighted by Crippen LogP contribution is -2.03. The van der Waals surface area contributed by atoms with Gasteiger partial charge in [0, 0.05) is 28.8 Å². The molecular formula is C19H17NO6. The highest BCUT2D eigenvalue weighted by molar-refractivity contribution is 6.35. The largest absolute Gasteiger partial charge is 0.496 e. The summed E-state index contributed by atoms with van der Waals surface area (Å²) in [5.41, 5.74) is 2.61. The van der Waals surface area contributed by atoms with E-state index < -0.39 is 0 Å². The summed E-state index contributed by atoms with van der Waals surface area (Å²) < 4.78 is 26.9. The molecule has 0 spiro atoms. The first-order valence-electron chi connectivity index (χ1n) is 7.91. The molecule has 26 heavy (non-hydrogen) atoms. The van der Waals surface area contributed by atoms with Crippen LogP contribution < -0.4 is 29.0 Å². The normalized spacial score (nSPS) is 15.7. The Labute approximate surface area is 150 Å². The van der Waals surface area contributed by atoms with Gasteiger partial charge in [-0.3, -0.25) is 4.79 Å². The maximum absolute atomic E-state index is 12.5. The average molecular weight is 355 g/mol. The lowest BCUT2D eigenvalue weighted by molar-refractivity contribution is -0.110. The predicted octanol–water partition coefficient (Wildman–Crippen LogP) is 2.93. The van der Waals surface area contributed by atoms with Gasteiger partial charge in [-0.2, -0.15) is 0 Å². The molecule has 0 saturated carbocycles. The van der Waals surface area contributed by atoms with E-state index >= 15 is 0 Å². The predicted molar refractivity (Wildman–Crippen MR) is 95.2 cm³/mol. The van der Waals surface area contributed by atoms with E-state index in [1.54, 1.807) is 51.7 Å². The third kappa shape index (κ3) is 2.48. The van der Waals surface area contributed by atoms with Crippen molar-refractivity contribution < 1.29 is 28.5 Å². The Morgan fingerprint density at radius 1 is 0.923 bits per heavy atom. The van der Waals surface area contributed by atoms with Gasteiger partial charge in [0.1, 0.15) is 5.75 Å². The lowest BCUT2D eigenvalue weighted by atomic mass is 10.0. The average Bonchev–Trinajstić information content (AvgIpc) is 3.23. The van der Waals surface area contributed by atoms with Crippen LogP contribution in [0, 0.1) is 0 Å². The number of anilines is 1. The zero-order valence-corrected chi connectivity index (χ0v) is 14.5. The van der Waals surface area contributed by atoms with Crippen LogP contribution in [-0.4, -0.2) is 34.0 Å². The molecule has 7 nitrogen and oxygen atoms in total. The number of carbonyl (C=O) groups is 1. The highest BCUT2D eigenvalue weighted by Crippen LogP contribution is 2.43. The number of amides is 1. The van der Waals surface area contributed by atoms with Crippen LogP contribution in [0.25, 0.3) is 11.6 Å². The summed E-state index contributed by atoms with van der Waals surface area (Å²) >= 11 is 0. The fraction of sp³-hybridized carbons (Fsp3) is 0.211. The zero-order chi connectivity index (χ0) is 18.3. The van der Waals surface area contributed by atoms with Crippen LogP contribution in [0.5, 0.6) is 28.7 Å². The Hall–Kier alpha value is -3.35. The number of hydrogen-bond donors (Lipinski definition) is 1. The third-order valence-electron chi connectivity index (χ3n) is 4.33. The van der Waals surface area contributed by atoms with Gasteiger partial charge in [0.25, 0.3) is 5.91 Å². The molecule has 2 aromatic carbocycles. The second-order valence-electron chi connectivity index (χ2n) is 5.71. The number of carbonyl (C=O) groups excluding carboxylic acids is 1. The molecule has 2 aliphatic rings. The van der Waals surface area contributed by atoms with Gasteiger partial charge in [-0.05, 0) is 18.2 Å². The Kier molecular flexibility index (Phi) is 3.84. The molecule has 0 atom stereocenters. The molecule has 7 heteroatoms. The van der Waals surface area contributed by atoms with Crippen LogP contribution >= 0.6 is 0 Å².